The summed E-state index contributed by atoms with van der Waals surface area (Å²) in [4.78, 5) is 4.91. The van der Waals surface area contributed by atoms with Crippen molar-refractivity contribution in [2.24, 2.45) is 5.92 Å². The first-order chi connectivity index (χ1) is 13.0. The molecule has 1 aliphatic rings. The number of anilines is 1. The Morgan fingerprint density at radius 3 is 2.33 bits per heavy atom. The molecule has 1 fully saturated rings. The van der Waals surface area contributed by atoms with Crippen LogP contribution in [-0.4, -0.2) is 47.5 Å². The third-order valence-electron chi connectivity index (χ3n) is 5.01. The van der Waals surface area contributed by atoms with Gasteiger partial charge in [-0.1, -0.05) is 32.0 Å². The lowest BCUT2D eigenvalue weighted by Crippen LogP contribution is -2.39. The van der Waals surface area contributed by atoms with Crippen LogP contribution in [0.25, 0.3) is 0 Å². The van der Waals surface area contributed by atoms with Crippen LogP contribution in [0.3, 0.4) is 0 Å². The third kappa shape index (κ3) is 4.62. The summed E-state index contributed by atoms with van der Waals surface area (Å²) in [5.74, 6) is 0.954. The third-order valence-corrected chi connectivity index (χ3v) is 6.93. The average molecular weight is 390 g/mol. The average Bonchev–Trinajstić information content (AvgIpc) is 2.73. The molecule has 0 radical (unpaired) electrons. The molecule has 1 aromatic heterocycles. The summed E-state index contributed by atoms with van der Waals surface area (Å²) in [6.45, 7) is 5.93. The smallest absolute Gasteiger partial charge is 0.243 e. The number of hydrogen-bond donors (Lipinski definition) is 1. The van der Waals surface area contributed by atoms with Crippen molar-refractivity contribution in [2.45, 2.75) is 44.4 Å². The van der Waals surface area contributed by atoms with Crippen LogP contribution in [0.4, 0.5) is 5.95 Å². The maximum absolute atomic E-state index is 12.7. The highest BCUT2D eigenvalue weighted by atomic mass is 32.2. The van der Waals surface area contributed by atoms with Crippen molar-refractivity contribution >= 4 is 16.0 Å². The van der Waals surface area contributed by atoms with Gasteiger partial charge in [0, 0.05) is 19.6 Å². The minimum atomic E-state index is -3.39. The summed E-state index contributed by atoms with van der Waals surface area (Å²) in [6.07, 6.45) is 3.31. The van der Waals surface area contributed by atoms with Crippen LogP contribution in [0.15, 0.2) is 35.2 Å². The quantitative estimate of drug-likeness (QED) is 0.783. The Kier molecular flexibility index (Phi) is 6.38. The second-order valence-corrected chi connectivity index (χ2v) is 8.72. The van der Waals surface area contributed by atoms with Crippen molar-refractivity contribution in [3.8, 4) is 0 Å². The summed E-state index contributed by atoms with van der Waals surface area (Å²) in [7, 11) is -3.39. The monoisotopic (exact) mass is 389 g/mol. The molecule has 1 N–H and O–H groups in total. The summed E-state index contributed by atoms with van der Waals surface area (Å²) in [5, 5.41) is 11.7. The van der Waals surface area contributed by atoms with Crippen LogP contribution in [0, 0.1) is 5.92 Å². The van der Waals surface area contributed by atoms with E-state index >= 15 is 0 Å². The minimum Gasteiger partial charge on any atom is -0.353 e. The Hall–Kier alpha value is -2.06. The number of aryl methyl sites for hydroxylation is 2. The van der Waals surface area contributed by atoms with Crippen LogP contribution in [-0.2, 0) is 22.9 Å². The zero-order chi connectivity index (χ0) is 19.3. The van der Waals surface area contributed by atoms with Crippen molar-refractivity contribution in [3.05, 3.63) is 41.7 Å². The van der Waals surface area contributed by atoms with Crippen LogP contribution >= 0.6 is 0 Å². The van der Waals surface area contributed by atoms with Gasteiger partial charge in [-0.05, 0) is 43.7 Å². The van der Waals surface area contributed by atoms with Crippen LogP contribution in [0.5, 0.6) is 0 Å². The van der Waals surface area contributed by atoms with E-state index in [2.05, 4.69) is 34.3 Å². The van der Waals surface area contributed by atoms with E-state index < -0.39 is 10.0 Å². The molecule has 8 heteroatoms. The molecular formula is C19H27N5O2S. The van der Waals surface area contributed by atoms with E-state index in [0.717, 1.165) is 43.6 Å². The Morgan fingerprint density at radius 2 is 1.70 bits per heavy atom. The summed E-state index contributed by atoms with van der Waals surface area (Å²) >= 11 is 0. The lowest BCUT2D eigenvalue weighted by molar-refractivity contribution is 0.282. The number of rotatable bonds is 7. The number of nitrogens with one attached hydrogen (secondary N) is 1. The first-order valence-electron chi connectivity index (χ1n) is 9.56. The maximum Gasteiger partial charge on any atom is 0.243 e. The van der Waals surface area contributed by atoms with Gasteiger partial charge in [0.05, 0.1) is 16.3 Å². The van der Waals surface area contributed by atoms with Gasteiger partial charge in [0.2, 0.25) is 16.0 Å². The molecule has 0 amide bonds. The van der Waals surface area contributed by atoms with E-state index in [1.54, 1.807) is 28.6 Å². The first kappa shape index (κ1) is 19.7. The fourth-order valence-corrected chi connectivity index (χ4v) is 4.83. The molecule has 2 aromatic rings. The van der Waals surface area contributed by atoms with Crippen LogP contribution in [0.2, 0.25) is 0 Å². The fraction of sp³-hybridized carbons (Fsp3) is 0.526. The van der Waals surface area contributed by atoms with Gasteiger partial charge >= 0.3 is 0 Å². The molecule has 1 saturated heterocycles. The molecule has 3 rings (SSSR count). The van der Waals surface area contributed by atoms with E-state index in [4.69, 9.17) is 0 Å². The highest BCUT2D eigenvalue weighted by Crippen LogP contribution is 2.23. The summed E-state index contributed by atoms with van der Waals surface area (Å²) in [5.41, 5.74) is 1.93. The van der Waals surface area contributed by atoms with E-state index in [9.17, 15) is 8.42 Å². The number of hydrogen-bond acceptors (Lipinski definition) is 6. The number of nitrogens with zero attached hydrogens (tertiary/aromatic N) is 4. The molecule has 7 nitrogen and oxygen atoms in total. The zero-order valence-corrected chi connectivity index (χ0v) is 16.7. The molecule has 0 saturated carbocycles. The first-order valence-corrected chi connectivity index (χ1v) is 11.0. The molecule has 2 heterocycles. The van der Waals surface area contributed by atoms with Crippen molar-refractivity contribution in [3.63, 3.8) is 0 Å². The van der Waals surface area contributed by atoms with Crippen molar-refractivity contribution in [1.82, 2.24) is 19.5 Å². The molecule has 146 valence electrons. The lowest BCUT2D eigenvalue weighted by atomic mass is 9.98. The van der Waals surface area contributed by atoms with Crippen molar-refractivity contribution < 1.29 is 8.42 Å². The molecule has 0 unspecified atom stereocenters. The fourth-order valence-electron chi connectivity index (χ4n) is 3.34. The topological polar surface area (TPSA) is 88.1 Å². The summed E-state index contributed by atoms with van der Waals surface area (Å²) < 4.78 is 27.0. The highest BCUT2D eigenvalue weighted by molar-refractivity contribution is 7.89. The standard InChI is InChI=1S/C19H27N5O2S/c1-3-17-18(4-2)22-23-19(21-17)20-14-15-10-12-24(13-11-15)27(25,26)16-8-6-5-7-9-16/h5-9,15H,3-4,10-14H2,1-2H3,(H,20,21,23). The zero-order valence-electron chi connectivity index (χ0n) is 15.9. The highest BCUT2D eigenvalue weighted by Gasteiger charge is 2.29. The van der Waals surface area contributed by atoms with Gasteiger partial charge in [-0.3, -0.25) is 0 Å². The molecule has 0 aliphatic carbocycles. The van der Waals surface area contributed by atoms with Crippen molar-refractivity contribution in [1.29, 1.82) is 0 Å². The molecule has 27 heavy (non-hydrogen) atoms. The van der Waals surface area contributed by atoms with Gasteiger partial charge in [-0.25, -0.2) is 13.4 Å². The van der Waals surface area contributed by atoms with Crippen LogP contribution < -0.4 is 5.32 Å². The van der Waals surface area contributed by atoms with Gasteiger partial charge in [0.15, 0.2) is 0 Å². The molecular weight excluding hydrogens is 362 g/mol. The largest absolute Gasteiger partial charge is 0.353 e. The molecule has 0 spiro atoms. The van der Waals surface area contributed by atoms with E-state index in [-0.39, 0.29) is 0 Å². The number of benzene rings is 1. The Morgan fingerprint density at radius 1 is 1.04 bits per heavy atom. The van der Waals surface area contributed by atoms with Gasteiger partial charge in [-0.15, -0.1) is 5.10 Å². The minimum absolute atomic E-state index is 0.365. The lowest BCUT2D eigenvalue weighted by Gasteiger charge is -2.31. The molecule has 0 atom stereocenters. The predicted octanol–water partition coefficient (Wildman–Crippen LogP) is 2.51. The maximum atomic E-state index is 12.7. The second-order valence-electron chi connectivity index (χ2n) is 6.78. The Labute approximate surface area is 161 Å². The number of sulfonamides is 1. The normalized spacial score (nSPS) is 16.4. The Bertz CT molecular complexity index is 850. The van der Waals surface area contributed by atoms with Gasteiger partial charge < -0.3 is 5.32 Å². The number of piperidine rings is 1. The van der Waals surface area contributed by atoms with E-state index in [1.807, 2.05) is 6.07 Å². The predicted molar refractivity (Wildman–Crippen MR) is 105 cm³/mol. The molecule has 1 aromatic carbocycles. The summed E-state index contributed by atoms with van der Waals surface area (Å²) in [6, 6.07) is 8.64. The Balaban J connectivity index is 1.54. The van der Waals surface area contributed by atoms with E-state index in [0.29, 0.717) is 29.9 Å². The van der Waals surface area contributed by atoms with Gasteiger partial charge in [0.25, 0.3) is 0 Å². The molecule has 0 bridgehead atoms. The van der Waals surface area contributed by atoms with Gasteiger partial charge in [0.1, 0.15) is 0 Å². The second kappa shape index (κ2) is 8.75. The number of aromatic nitrogens is 3. The molecule has 1 aliphatic heterocycles. The SMILES string of the molecule is CCc1nnc(NCC2CCN(S(=O)(=O)c3ccccc3)CC2)nc1CC. The van der Waals surface area contributed by atoms with E-state index in [1.165, 1.54) is 0 Å². The van der Waals surface area contributed by atoms with Crippen LogP contribution in [0.1, 0.15) is 38.1 Å². The van der Waals surface area contributed by atoms with Gasteiger partial charge in [-0.2, -0.15) is 9.40 Å². The van der Waals surface area contributed by atoms with Crippen molar-refractivity contribution in [2.75, 3.05) is 25.0 Å².